The lowest BCUT2D eigenvalue weighted by Gasteiger charge is -2.31. The van der Waals surface area contributed by atoms with Crippen LogP contribution in [0.1, 0.15) is 31.5 Å². The van der Waals surface area contributed by atoms with Crippen molar-refractivity contribution in [2.24, 2.45) is 5.92 Å². The lowest BCUT2D eigenvalue weighted by molar-refractivity contribution is 0.352. The fraction of sp³-hybridized carbons (Fsp3) is 0.667. The molecular formula is C12H18ClN3. The average molecular weight is 240 g/mol. The Balaban J connectivity index is 2.02. The number of hydrogen-bond donors (Lipinski definition) is 1. The molecule has 2 atom stereocenters. The number of alkyl halides is 1. The van der Waals surface area contributed by atoms with Gasteiger partial charge in [-0.2, -0.15) is 0 Å². The maximum Gasteiger partial charge on any atom is 0.129 e. The predicted octanol–water partition coefficient (Wildman–Crippen LogP) is 2.99. The van der Waals surface area contributed by atoms with Crippen molar-refractivity contribution < 1.29 is 0 Å². The Bertz CT molecular complexity index is 343. The molecule has 0 spiro atoms. The summed E-state index contributed by atoms with van der Waals surface area (Å²) in [7, 11) is 0. The topological polar surface area (TPSA) is 37.8 Å². The van der Waals surface area contributed by atoms with Crippen molar-refractivity contribution in [1.29, 1.82) is 0 Å². The zero-order chi connectivity index (χ0) is 11.4. The highest BCUT2D eigenvalue weighted by molar-refractivity contribution is 6.18. The predicted molar refractivity (Wildman–Crippen MR) is 66.9 cm³/mol. The third kappa shape index (κ3) is 2.85. The first-order chi connectivity index (χ1) is 7.79. The van der Waals surface area contributed by atoms with Gasteiger partial charge in [0.15, 0.2) is 0 Å². The Labute approximate surface area is 102 Å². The van der Waals surface area contributed by atoms with E-state index in [0.717, 1.165) is 17.5 Å². The Hall–Kier alpha value is -0.830. The molecule has 0 aromatic carbocycles. The van der Waals surface area contributed by atoms with E-state index >= 15 is 0 Å². The van der Waals surface area contributed by atoms with Crippen LogP contribution in [0.25, 0.3) is 0 Å². The summed E-state index contributed by atoms with van der Waals surface area (Å²) in [5.41, 5.74) is 0. The molecule has 1 aromatic rings. The van der Waals surface area contributed by atoms with Gasteiger partial charge < -0.3 is 5.32 Å². The van der Waals surface area contributed by atoms with E-state index < -0.39 is 0 Å². The number of aryl methyl sites for hydroxylation is 1. The summed E-state index contributed by atoms with van der Waals surface area (Å²) in [5.74, 6) is 3.05. The normalized spacial score (nSPS) is 25.4. The van der Waals surface area contributed by atoms with Gasteiger partial charge in [0, 0.05) is 18.1 Å². The fourth-order valence-corrected chi connectivity index (χ4v) is 2.68. The van der Waals surface area contributed by atoms with Crippen LogP contribution in [0.15, 0.2) is 12.3 Å². The number of rotatable bonds is 3. The summed E-state index contributed by atoms with van der Waals surface area (Å²) in [6.07, 6.45) is 6.81. The second kappa shape index (κ2) is 5.48. The van der Waals surface area contributed by atoms with Crippen LogP contribution in [0.2, 0.25) is 0 Å². The molecule has 1 aliphatic carbocycles. The molecule has 2 rings (SSSR count). The van der Waals surface area contributed by atoms with E-state index in [1.165, 1.54) is 25.7 Å². The fourth-order valence-electron chi connectivity index (χ4n) is 2.31. The lowest BCUT2D eigenvalue weighted by atomic mass is 9.86. The molecule has 1 heterocycles. The number of nitrogens with zero attached hydrogens (tertiary/aromatic N) is 2. The maximum absolute atomic E-state index is 6.00. The SMILES string of the molecule is Cc1nccc(NC2CCCCC2CCl)n1. The van der Waals surface area contributed by atoms with Crippen molar-refractivity contribution in [2.75, 3.05) is 11.2 Å². The van der Waals surface area contributed by atoms with E-state index in [4.69, 9.17) is 11.6 Å². The number of halogens is 1. The monoisotopic (exact) mass is 239 g/mol. The Morgan fingerprint density at radius 2 is 2.25 bits per heavy atom. The maximum atomic E-state index is 6.00. The van der Waals surface area contributed by atoms with Crippen molar-refractivity contribution >= 4 is 17.4 Å². The van der Waals surface area contributed by atoms with Crippen LogP contribution in [0.3, 0.4) is 0 Å². The smallest absolute Gasteiger partial charge is 0.129 e. The summed E-state index contributed by atoms with van der Waals surface area (Å²) < 4.78 is 0. The molecule has 0 bridgehead atoms. The van der Waals surface area contributed by atoms with Crippen molar-refractivity contribution in [3.63, 3.8) is 0 Å². The zero-order valence-electron chi connectivity index (χ0n) is 9.62. The van der Waals surface area contributed by atoms with E-state index in [0.29, 0.717) is 12.0 Å². The Kier molecular flexibility index (Phi) is 3.99. The van der Waals surface area contributed by atoms with E-state index in [2.05, 4.69) is 15.3 Å². The molecular weight excluding hydrogens is 222 g/mol. The van der Waals surface area contributed by atoms with Crippen molar-refractivity contribution in [1.82, 2.24) is 9.97 Å². The van der Waals surface area contributed by atoms with Crippen LogP contribution >= 0.6 is 11.6 Å². The van der Waals surface area contributed by atoms with Gasteiger partial charge in [0.25, 0.3) is 0 Å². The molecule has 4 heteroatoms. The van der Waals surface area contributed by atoms with Gasteiger partial charge in [-0.25, -0.2) is 9.97 Å². The second-order valence-electron chi connectivity index (χ2n) is 4.44. The molecule has 1 N–H and O–H groups in total. The standard InChI is InChI=1S/C12H18ClN3/c1-9-14-7-6-12(15-9)16-11-5-3-2-4-10(11)8-13/h6-7,10-11H,2-5,8H2,1H3,(H,14,15,16). The van der Waals surface area contributed by atoms with Crippen molar-refractivity contribution in [3.05, 3.63) is 18.1 Å². The number of hydrogen-bond acceptors (Lipinski definition) is 3. The lowest BCUT2D eigenvalue weighted by Crippen LogP contribution is -2.33. The summed E-state index contributed by atoms with van der Waals surface area (Å²) in [5, 5.41) is 3.49. The average Bonchev–Trinajstić information content (AvgIpc) is 2.30. The molecule has 3 nitrogen and oxygen atoms in total. The van der Waals surface area contributed by atoms with Crippen molar-refractivity contribution in [3.8, 4) is 0 Å². The number of aromatic nitrogens is 2. The van der Waals surface area contributed by atoms with Gasteiger partial charge >= 0.3 is 0 Å². The summed E-state index contributed by atoms with van der Waals surface area (Å²) >= 11 is 6.00. The van der Waals surface area contributed by atoms with Crippen LogP contribution < -0.4 is 5.32 Å². The molecule has 0 amide bonds. The third-order valence-corrected chi connectivity index (χ3v) is 3.61. The molecule has 88 valence electrons. The van der Waals surface area contributed by atoms with E-state index in [9.17, 15) is 0 Å². The Morgan fingerprint density at radius 1 is 1.44 bits per heavy atom. The molecule has 0 saturated heterocycles. The van der Waals surface area contributed by atoms with Gasteiger partial charge in [0.1, 0.15) is 11.6 Å². The minimum absolute atomic E-state index is 0.473. The molecule has 2 unspecified atom stereocenters. The number of nitrogens with one attached hydrogen (secondary N) is 1. The van der Waals surface area contributed by atoms with Gasteiger partial charge in [0.2, 0.25) is 0 Å². The minimum Gasteiger partial charge on any atom is -0.367 e. The van der Waals surface area contributed by atoms with Gasteiger partial charge in [-0.3, -0.25) is 0 Å². The molecule has 1 fully saturated rings. The van der Waals surface area contributed by atoms with Crippen molar-refractivity contribution in [2.45, 2.75) is 38.6 Å². The molecule has 1 aliphatic rings. The molecule has 0 radical (unpaired) electrons. The Morgan fingerprint density at radius 3 is 3.00 bits per heavy atom. The van der Waals surface area contributed by atoms with Crippen LogP contribution in [0.5, 0.6) is 0 Å². The summed E-state index contributed by atoms with van der Waals surface area (Å²) in [4.78, 5) is 8.47. The van der Waals surface area contributed by atoms with E-state index in [1.807, 2.05) is 13.0 Å². The minimum atomic E-state index is 0.473. The molecule has 0 aliphatic heterocycles. The highest BCUT2D eigenvalue weighted by Gasteiger charge is 2.24. The highest BCUT2D eigenvalue weighted by atomic mass is 35.5. The molecule has 1 saturated carbocycles. The largest absolute Gasteiger partial charge is 0.367 e. The van der Waals surface area contributed by atoms with Crippen LogP contribution in [0, 0.1) is 12.8 Å². The first-order valence-corrected chi connectivity index (χ1v) is 6.45. The first kappa shape index (κ1) is 11.6. The summed E-state index contributed by atoms with van der Waals surface area (Å²) in [6.45, 7) is 1.91. The van der Waals surface area contributed by atoms with E-state index in [1.54, 1.807) is 6.20 Å². The van der Waals surface area contributed by atoms with E-state index in [-0.39, 0.29) is 0 Å². The highest BCUT2D eigenvalue weighted by Crippen LogP contribution is 2.27. The van der Waals surface area contributed by atoms with Crippen LogP contribution in [-0.2, 0) is 0 Å². The van der Waals surface area contributed by atoms with Gasteiger partial charge in [-0.1, -0.05) is 12.8 Å². The first-order valence-electron chi connectivity index (χ1n) is 5.92. The quantitative estimate of drug-likeness (QED) is 0.824. The van der Waals surface area contributed by atoms with Gasteiger partial charge in [0.05, 0.1) is 0 Å². The van der Waals surface area contributed by atoms with Gasteiger partial charge in [-0.15, -0.1) is 11.6 Å². The molecule has 1 aromatic heterocycles. The molecule has 16 heavy (non-hydrogen) atoms. The summed E-state index contributed by atoms with van der Waals surface area (Å²) in [6, 6.07) is 2.40. The number of anilines is 1. The van der Waals surface area contributed by atoms with Gasteiger partial charge in [-0.05, 0) is 31.7 Å². The van der Waals surface area contributed by atoms with Crippen LogP contribution in [-0.4, -0.2) is 21.9 Å². The second-order valence-corrected chi connectivity index (χ2v) is 4.75. The third-order valence-electron chi connectivity index (χ3n) is 3.22. The zero-order valence-corrected chi connectivity index (χ0v) is 10.4. The van der Waals surface area contributed by atoms with Crippen LogP contribution in [0.4, 0.5) is 5.82 Å².